The number of aromatic nitrogens is 2. The molecule has 5 heteroatoms. The lowest BCUT2D eigenvalue weighted by atomic mass is 10.4. The Morgan fingerprint density at radius 3 is 2.80 bits per heavy atom. The van der Waals surface area contributed by atoms with E-state index in [1.807, 2.05) is 0 Å². The second kappa shape index (κ2) is 2.77. The van der Waals surface area contributed by atoms with E-state index in [-0.39, 0.29) is 5.82 Å². The highest BCUT2D eigenvalue weighted by Crippen LogP contribution is 1.97. The molecule has 1 aromatic rings. The molecule has 0 fully saturated rings. The second-order valence-electron chi connectivity index (χ2n) is 1.57. The minimum Gasteiger partial charge on any atom is -0.411 e. The van der Waals surface area contributed by atoms with E-state index < -0.39 is 0 Å². The van der Waals surface area contributed by atoms with Crippen LogP contribution >= 0.6 is 0 Å². The van der Waals surface area contributed by atoms with Gasteiger partial charge in [-0.15, -0.1) is 0 Å². The van der Waals surface area contributed by atoms with Gasteiger partial charge in [0.2, 0.25) is 0 Å². The average Bonchev–Trinajstić information content (AvgIpc) is 1.94. The quantitative estimate of drug-likeness (QED) is 0.321. The molecule has 0 aromatic carbocycles. The zero-order chi connectivity index (χ0) is 7.40. The van der Waals surface area contributed by atoms with Crippen molar-refractivity contribution in [3.63, 3.8) is 0 Å². The number of nitrogens with two attached hydrogens (primary N) is 1. The Kier molecular flexibility index (Phi) is 1.79. The van der Waals surface area contributed by atoms with E-state index >= 15 is 0 Å². The molecule has 5 nitrogen and oxygen atoms in total. The first-order chi connectivity index (χ1) is 4.84. The summed E-state index contributed by atoms with van der Waals surface area (Å²) in [4.78, 5) is 7.48. The molecule has 1 aromatic heterocycles. The van der Waals surface area contributed by atoms with E-state index in [0.717, 1.165) is 6.21 Å². The molecule has 0 saturated heterocycles. The number of nitrogen functional groups attached to an aromatic ring is 1. The van der Waals surface area contributed by atoms with Crippen LogP contribution in [0.5, 0.6) is 0 Å². The van der Waals surface area contributed by atoms with E-state index in [4.69, 9.17) is 10.9 Å². The molecule has 0 saturated carbocycles. The van der Waals surface area contributed by atoms with Crippen LogP contribution < -0.4 is 5.73 Å². The van der Waals surface area contributed by atoms with Gasteiger partial charge in [-0.25, -0.2) is 9.97 Å². The van der Waals surface area contributed by atoms with E-state index in [2.05, 4.69) is 15.1 Å². The van der Waals surface area contributed by atoms with Gasteiger partial charge in [-0.3, -0.25) is 0 Å². The molecule has 0 aliphatic rings. The van der Waals surface area contributed by atoms with Crippen LogP contribution in [0.25, 0.3) is 0 Å². The molecular formula is C5H6N4O. The zero-order valence-corrected chi connectivity index (χ0v) is 5.10. The summed E-state index contributed by atoms with van der Waals surface area (Å²) in [6, 6.07) is 0. The average molecular weight is 138 g/mol. The first kappa shape index (κ1) is 6.47. The number of anilines is 1. The largest absolute Gasteiger partial charge is 0.411 e. The van der Waals surface area contributed by atoms with Crippen LogP contribution in [0.2, 0.25) is 0 Å². The molecule has 0 bridgehead atoms. The van der Waals surface area contributed by atoms with Crippen LogP contribution in [0.3, 0.4) is 0 Å². The predicted octanol–water partition coefficient (Wildman–Crippen LogP) is -0.133. The van der Waals surface area contributed by atoms with Crippen LogP contribution in [0.4, 0.5) is 5.82 Å². The first-order valence-corrected chi connectivity index (χ1v) is 2.58. The third kappa shape index (κ3) is 1.19. The highest BCUT2D eigenvalue weighted by Gasteiger charge is 1.94. The highest BCUT2D eigenvalue weighted by molar-refractivity contribution is 5.81. The lowest BCUT2D eigenvalue weighted by Crippen LogP contribution is -1.98. The smallest absolute Gasteiger partial charge is 0.151 e. The number of oxime groups is 1. The van der Waals surface area contributed by atoms with Gasteiger partial charge in [0.25, 0.3) is 0 Å². The van der Waals surface area contributed by atoms with Crippen molar-refractivity contribution in [3.05, 3.63) is 18.1 Å². The van der Waals surface area contributed by atoms with Crippen molar-refractivity contribution in [3.8, 4) is 0 Å². The van der Waals surface area contributed by atoms with Crippen molar-refractivity contribution in [2.45, 2.75) is 0 Å². The Morgan fingerprint density at radius 1 is 1.50 bits per heavy atom. The third-order valence-electron chi connectivity index (χ3n) is 0.936. The maximum Gasteiger partial charge on any atom is 0.151 e. The highest BCUT2D eigenvalue weighted by atomic mass is 16.4. The van der Waals surface area contributed by atoms with Gasteiger partial charge in [0.15, 0.2) is 5.82 Å². The van der Waals surface area contributed by atoms with Crippen molar-refractivity contribution in [1.82, 2.24) is 9.97 Å². The Balaban J connectivity index is 3.03. The lowest BCUT2D eigenvalue weighted by Gasteiger charge is -1.92. The fourth-order valence-electron chi connectivity index (χ4n) is 0.514. The van der Waals surface area contributed by atoms with Crippen LogP contribution in [-0.2, 0) is 0 Å². The van der Waals surface area contributed by atoms with Crippen LogP contribution in [0, 0.1) is 0 Å². The van der Waals surface area contributed by atoms with Gasteiger partial charge in [0, 0.05) is 12.4 Å². The van der Waals surface area contributed by atoms with Crippen LogP contribution in [0.15, 0.2) is 17.5 Å². The fraction of sp³-hybridized carbons (Fsp3) is 0. The monoisotopic (exact) mass is 138 g/mol. The van der Waals surface area contributed by atoms with Crippen molar-refractivity contribution in [2.75, 3.05) is 5.73 Å². The topological polar surface area (TPSA) is 84.4 Å². The summed E-state index contributed by atoms with van der Waals surface area (Å²) in [5, 5.41) is 10.8. The number of nitrogens with zero attached hydrogens (tertiary/aromatic N) is 3. The van der Waals surface area contributed by atoms with Crippen molar-refractivity contribution in [1.29, 1.82) is 0 Å². The predicted molar refractivity (Wildman–Crippen MR) is 35.8 cm³/mol. The van der Waals surface area contributed by atoms with Crippen LogP contribution in [0.1, 0.15) is 5.69 Å². The summed E-state index contributed by atoms with van der Waals surface area (Å²) in [6.07, 6.45) is 4.06. The molecule has 3 N–H and O–H groups in total. The lowest BCUT2D eigenvalue weighted by molar-refractivity contribution is 0.321. The van der Waals surface area contributed by atoms with Gasteiger partial charge >= 0.3 is 0 Å². The van der Waals surface area contributed by atoms with Gasteiger partial charge in [0.1, 0.15) is 5.69 Å². The minimum atomic E-state index is 0.250. The first-order valence-electron chi connectivity index (χ1n) is 2.58. The molecule has 1 rings (SSSR count). The number of hydrogen-bond acceptors (Lipinski definition) is 5. The maximum atomic E-state index is 8.09. The molecule has 10 heavy (non-hydrogen) atoms. The Morgan fingerprint density at radius 2 is 2.20 bits per heavy atom. The number of hydrogen-bond donors (Lipinski definition) is 2. The van der Waals surface area contributed by atoms with Gasteiger partial charge < -0.3 is 10.9 Å². The summed E-state index contributed by atoms with van der Waals surface area (Å²) in [5.41, 5.74) is 5.70. The fourth-order valence-corrected chi connectivity index (χ4v) is 0.514. The van der Waals surface area contributed by atoms with Gasteiger partial charge in [0.05, 0.1) is 6.21 Å². The summed E-state index contributed by atoms with van der Waals surface area (Å²) in [7, 11) is 0. The van der Waals surface area contributed by atoms with E-state index in [1.54, 1.807) is 0 Å². The molecule has 0 unspecified atom stereocenters. The van der Waals surface area contributed by atoms with Crippen molar-refractivity contribution < 1.29 is 5.21 Å². The summed E-state index contributed by atoms with van der Waals surface area (Å²) < 4.78 is 0. The summed E-state index contributed by atoms with van der Waals surface area (Å²) in [6.45, 7) is 0. The standard InChI is InChI=1S/C5H6N4O/c6-5-4(3-9-10)7-1-2-8-5/h1-3,10H,(H2,6,8)/b9-3+. The Hall–Kier alpha value is -1.65. The number of rotatable bonds is 1. The Bertz CT molecular complexity index is 247. The van der Waals surface area contributed by atoms with Gasteiger partial charge in [-0.1, -0.05) is 5.16 Å². The second-order valence-corrected chi connectivity index (χ2v) is 1.57. The Labute approximate surface area is 57.2 Å². The third-order valence-corrected chi connectivity index (χ3v) is 0.936. The molecule has 0 aliphatic carbocycles. The summed E-state index contributed by atoms with van der Waals surface area (Å²) >= 11 is 0. The molecule has 0 aliphatic heterocycles. The minimum absolute atomic E-state index is 0.250. The van der Waals surface area contributed by atoms with Crippen LogP contribution in [-0.4, -0.2) is 21.4 Å². The normalized spacial score (nSPS) is 10.4. The van der Waals surface area contributed by atoms with E-state index in [1.165, 1.54) is 12.4 Å². The molecule has 52 valence electrons. The summed E-state index contributed by atoms with van der Waals surface area (Å²) in [5.74, 6) is 0.250. The van der Waals surface area contributed by atoms with E-state index in [9.17, 15) is 0 Å². The van der Waals surface area contributed by atoms with Crippen molar-refractivity contribution in [2.24, 2.45) is 5.16 Å². The van der Waals surface area contributed by atoms with Crippen molar-refractivity contribution >= 4 is 12.0 Å². The molecule has 0 amide bonds. The molecule has 0 spiro atoms. The van der Waals surface area contributed by atoms with E-state index in [0.29, 0.717) is 5.69 Å². The molecule has 0 atom stereocenters. The zero-order valence-electron chi connectivity index (χ0n) is 5.10. The SMILES string of the molecule is Nc1nccnc1/C=N/O. The van der Waals surface area contributed by atoms with Gasteiger partial charge in [-0.2, -0.15) is 0 Å². The maximum absolute atomic E-state index is 8.09. The molecular weight excluding hydrogens is 132 g/mol. The molecule has 0 radical (unpaired) electrons. The molecule has 1 heterocycles. The van der Waals surface area contributed by atoms with Gasteiger partial charge in [-0.05, 0) is 0 Å².